The van der Waals surface area contributed by atoms with Crippen molar-refractivity contribution in [1.82, 2.24) is 0 Å². The lowest BCUT2D eigenvalue weighted by Crippen LogP contribution is -3.00. The molecule has 1 rings (SSSR count). The molecule has 0 N–H and O–H groups in total. The Kier molecular flexibility index (Phi) is 11.6. The summed E-state index contributed by atoms with van der Waals surface area (Å²) in [6, 6.07) is 8.71. The minimum atomic E-state index is 0. The highest BCUT2D eigenvalue weighted by molar-refractivity contribution is 9.48. The molecular formula is C8H10Br4S2. The molecule has 0 fully saturated rings. The Morgan fingerprint density at radius 1 is 0.786 bits per heavy atom. The standard InChI is InChI=1S/C8H10Br2S2.2BrH/c1-11(9)7-3-5-8(6-4-7)12(2)10;;/h3-6H,1-2H3;2*1H/q+2;;/p-2. The predicted molar refractivity (Wildman–Crippen MR) is 67.4 cm³/mol. The van der Waals surface area contributed by atoms with E-state index in [-0.39, 0.29) is 52.6 Å². The Bertz CT molecular complexity index is 221. The summed E-state index contributed by atoms with van der Waals surface area (Å²) >= 11 is 7.12. The number of hydrogen-bond donors (Lipinski definition) is 0. The molecule has 0 aliphatic heterocycles. The molecule has 0 aliphatic carbocycles. The summed E-state index contributed by atoms with van der Waals surface area (Å²) in [4.78, 5) is 2.72. The molecule has 0 aromatic heterocycles. The van der Waals surface area contributed by atoms with Gasteiger partial charge in [0.25, 0.3) is 0 Å². The molecule has 0 heterocycles. The third-order valence-electron chi connectivity index (χ3n) is 1.47. The van der Waals surface area contributed by atoms with Crippen LogP contribution < -0.4 is 34.0 Å². The zero-order valence-corrected chi connectivity index (χ0v) is 15.6. The molecule has 0 radical (unpaired) electrons. The van der Waals surface area contributed by atoms with E-state index >= 15 is 0 Å². The van der Waals surface area contributed by atoms with E-state index < -0.39 is 0 Å². The van der Waals surface area contributed by atoms with Gasteiger partial charge < -0.3 is 34.0 Å². The van der Waals surface area contributed by atoms with Crippen molar-refractivity contribution >= 4 is 48.3 Å². The van der Waals surface area contributed by atoms with Gasteiger partial charge in [-0.15, -0.1) is 0 Å². The van der Waals surface area contributed by atoms with Crippen LogP contribution >= 0.6 is 29.6 Å². The molecule has 1 aromatic carbocycles. The van der Waals surface area contributed by atoms with Gasteiger partial charge in [-0.1, -0.05) is 0 Å². The molecule has 0 bridgehead atoms. The molecule has 2 atom stereocenters. The molecule has 0 saturated carbocycles. The highest BCUT2D eigenvalue weighted by Crippen LogP contribution is 2.22. The van der Waals surface area contributed by atoms with Gasteiger partial charge in [0.05, 0.1) is 18.7 Å². The van der Waals surface area contributed by atoms with E-state index in [1.54, 1.807) is 0 Å². The number of benzene rings is 1. The van der Waals surface area contributed by atoms with E-state index in [9.17, 15) is 0 Å². The monoisotopic (exact) mass is 486 g/mol. The highest BCUT2D eigenvalue weighted by atomic mass is 79.9. The van der Waals surface area contributed by atoms with Gasteiger partial charge in [0.2, 0.25) is 29.6 Å². The zero-order valence-electron chi connectivity index (χ0n) is 7.64. The lowest BCUT2D eigenvalue weighted by atomic mass is 10.4. The average Bonchev–Trinajstić information content (AvgIpc) is 2.04. The van der Waals surface area contributed by atoms with Gasteiger partial charge in [0.1, 0.15) is 12.5 Å². The summed E-state index contributed by atoms with van der Waals surface area (Å²) in [5.41, 5.74) is 0. The quantitative estimate of drug-likeness (QED) is 0.404. The lowest BCUT2D eigenvalue weighted by Gasteiger charge is -1.94. The minimum absolute atomic E-state index is 0. The van der Waals surface area contributed by atoms with Crippen LogP contribution in [0.2, 0.25) is 0 Å². The zero-order chi connectivity index (χ0) is 9.14. The Morgan fingerprint density at radius 2 is 1.00 bits per heavy atom. The van der Waals surface area contributed by atoms with Gasteiger partial charge >= 0.3 is 0 Å². The van der Waals surface area contributed by atoms with Crippen LogP contribution in [0.25, 0.3) is 0 Å². The molecule has 2 unspecified atom stereocenters. The molecule has 0 aliphatic rings. The molecule has 0 nitrogen and oxygen atoms in total. The van der Waals surface area contributed by atoms with Crippen LogP contribution in [0.3, 0.4) is 0 Å². The van der Waals surface area contributed by atoms with Gasteiger partial charge in [-0.3, -0.25) is 0 Å². The number of hydrogen-bond acceptors (Lipinski definition) is 0. The second kappa shape index (κ2) is 8.93. The second-order valence-electron chi connectivity index (χ2n) is 2.34. The SMILES string of the molecule is C[S+](Br)c1ccc([S+](C)Br)cc1.[Br-].[Br-]. The van der Waals surface area contributed by atoms with Crippen molar-refractivity contribution in [2.75, 3.05) is 12.5 Å². The van der Waals surface area contributed by atoms with Crippen LogP contribution in [0.15, 0.2) is 34.1 Å². The Labute approximate surface area is 127 Å². The maximum atomic E-state index is 3.56. The summed E-state index contributed by atoms with van der Waals surface area (Å²) in [6.45, 7) is 0. The smallest absolute Gasteiger partial charge is 0.238 e. The third-order valence-corrected chi connectivity index (χ3v) is 5.56. The van der Waals surface area contributed by atoms with Crippen molar-refractivity contribution in [3.8, 4) is 0 Å². The lowest BCUT2D eigenvalue weighted by molar-refractivity contribution is -0.001000. The van der Waals surface area contributed by atoms with E-state index in [0.717, 1.165) is 0 Å². The van der Waals surface area contributed by atoms with E-state index in [0.29, 0.717) is 0 Å². The maximum Gasteiger partial charge on any atom is 0.238 e. The predicted octanol–water partition coefficient (Wildman–Crippen LogP) is -2.47. The molecule has 6 heteroatoms. The van der Waals surface area contributed by atoms with Crippen LogP contribution in [-0.2, 0) is 18.7 Å². The number of rotatable bonds is 2. The average molecular weight is 490 g/mol. The fourth-order valence-electron chi connectivity index (χ4n) is 0.815. The third kappa shape index (κ3) is 5.80. The molecule has 14 heavy (non-hydrogen) atoms. The van der Waals surface area contributed by atoms with Crippen molar-refractivity contribution in [3.63, 3.8) is 0 Å². The van der Waals surface area contributed by atoms with Crippen LogP contribution in [-0.4, -0.2) is 12.5 Å². The van der Waals surface area contributed by atoms with E-state index in [4.69, 9.17) is 0 Å². The van der Waals surface area contributed by atoms with Crippen molar-refractivity contribution in [2.24, 2.45) is 0 Å². The van der Waals surface area contributed by atoms with Crippen LogP contribution in [0, 0.1) is 0 Å². The molecule has 0 saturated heterocycles. The normalized spacial score (nSPS) is 13.4. The summed E-state index contributed by atoms with van der Waals surface area (Å²) in [7, 11) is 0.400. The van der Waals surface area contributed by atoms with Crippen molar-refractivity contribution in [1.29, 1.82) is 0 Å². The maximum absolute atomic E-state index is 3.56. The van der Waals surface area contributed by atoms with Gasteiger partial charge in [-0.05, 0) is 24.3 Å². The first-order valence-corrected chi connectivity index (χ1v) is 10.3. The first-order valence-electron chi connectivity index (χ1n) is 3.35. The van der Waals surface area contributed by atoms with Crippen LogP contribution in [0.5, 0.6) is 0 Å². The molecule has 0 spiro atoms. The molecule has 1 aromatic rings. The van der Waals surface area contributed by atoms with Gasteiger partial charge in [0.15, 0.2) is 9.79 Å². The summed E-state index contributed by atoms with van der Waals surface area (Å²) in [6.07, 6.45) is 4.32. The van der Waals surface area contributed by atoms with Crippen molar-refractivity contribution < 1.29 is 34.0 Å². The Morgan fingerprint density at radius 3 is 1.14 bits per heavy atom. The Balaban J connectivity index is 0. The number of halogens is 4. The molecule has 82 valence electrons. The summed E-state index contributed by atoms with van der Waals surface area (Å²) in [5, 5.41) is 0. The second-order valence-corrected chi connectivity index (χ2v) is 10.9. The summed E-state index contributed by atoms with van der Waals surface area (Å²) in [5.74, 6) is 0. The minimum Gasteiger partial charge on any atom is -1.00 e. The van der Waals surface area contributed by atoms with E-state index in [1.807, 2.05) is 0 Å². The first-order chi connectivity index (χ1) is 5.61. The summed E-state index contributed by atoms with van der Waals surface area (Å²) < 4.78 is 0. The fourth-order valence-corrected chi connectivity index (χ4v) is 3.13. The van der Waals surface area contributed by atoms with Crippen molar-refractivity contribution in [3.05, 3.63) is 24.3 Å². The topological polar surface area (TPSA) is 0 Å². The van der Waals surface area contributed by atoms with Crippen LogP contribution in [0.1, 0.15) is 0 Å². The highest BCUT2D eigenvalue weighted by Gasteiger charge is 2.15. The Hall–Kier alpha value is 1.84. The molecule has 0 amide bonds. The largest absolute Gasteiger partial charge is 1.00 e. The van der Waals surface area contributed by atoms with Gasteiger partial charge in [-0.25, -0.2) is 0 Å². The van der Waals surface area contributed by atoms with E-state index in [1.165, 1.54) is 9.79 Å². The van der Waals surface area contributed by atoms with Gasteiger partial charge in [0, 0.05) is 0 Å². The first kappa shape index (κ1) is 18.2. The van der Waals surface area contributed by atoms with Crippen LogP contribution in [0.4, 0.5) is 0 Å². The van der Waals surface area contributed by atoms with E-state index in [2.05, 4.69) is 66.4 Å². The van der Waals surface area contributed by atoms with Crippen molar-refractivity contribution in [2.45, 2.75) is 9.79 Å². The fraction of sp³-hybridized carbons (Fsp3) is 0.250. The van der Waals surface area contributed by atoms with Gasteiger partial charge in [-0.2, -0.15) is 0 Å². The molecular weight excluding hydrogens is 480 g/mol.